The van der Waals surface area contributed by atoms with Gasteiger partial charge in [0.1, 0.15) is 0 Å². The second kappa shape index (κ2) is 8.93. The largest absolute Gasteiger partial charge is 0.371 e. The van der Waals surface area contributed by atoms with Gasteiger partial charge in [0, 0.05) is 70.1 Å². The van der Waals surface area contributed by atoms with Crippen LogP contribution in [0.15, 0.2) is 35.3 Å². The van der Waals surface area contributed by atoms with Crippen molar-refractivity contribution in [2.24, 2.45) is 4.99 Å². The van der Waals surface area contributed by atoms with Crippen LogP contribution in [0.2, 0.25) is 0 Å². The Morgan fingerprint density at radius 3 is 2.41 bits per heavy atom. The summed E-state index contributed by atoms with van der Waals surface area (Å²) in [5.41, 5.74) is 1.34. The molecule has 0 radical (unpaired) electrons. The third-order valence-corrected chi connectivity index (χ3v) is 6.15. The Hall–Kier alpha value is -1.79. The van der Waals surface area contributed by atoms with E-state index in [2.05, 4.69) is 62.6 Å². The molecular weight excluding hydrogens is 336 g/mol. The number of aliphatic imine (C=N–C) groups is 1. The minimum atomic E-state index is 0.509. The molecule has 5 rings (SSSR count). The lowest BCUT2D eigenvalue weighted by Crippen LogP contribution is -2.62. The zero-order chi connectivity index (χ0) is 18.5. The minimum Gasteiger partial charge on any atom is -0.371 e. The molecule has 0 aromatic heterocycles. The van der Waals surface area contributed by atoms with Crippen molar-refractivity contribution in [1.82, 2.24) is 20.4 Å². The van der Waals surface area contributed by atoms with Gasteiger partial charge in [0.15, 0.2) is 5.96 Å². The fourth-order valence-electron chi connectivity index (χ4n) is 4.53. The molecule has 2 bridgehead atoms. The van der Waals surface area contributed by atoms with Crippen LogP contribution < -0.4 is 15.5 Å². The van der Waals surface area contributed by atoms with E-state index in [9.17, 15) is 0 Å². The van der Waals surface area contributed by atoms with Gasteiger partial charge in [-0.2, -0.15) is 0 Å². The van der Waals surface area contributed by atoms with Gasteiger partial charge in [-0.1, -0.05) is 18.2 Å². The van der Waals surface area contributed by atoms with Crippen molar-refractivity contribution in [3.8, 4) is 0 Å². The Morgan fingerprint density at radius 2 is 1.78 bits per heavy atom. The molecule has 0 aliphatic carbocycles. The SMILES string of the molecule is CCNC(=NCC1CN2CCN1CC2)NC1CCN(c2ccccc2)CC1. The van der Waals surface area contributed by atoms with E-state index < -0.39 is 0 Å². The number of para-hydroxylation sites is 1. The monoisotopic (exact) mass is 370 g/mol. The van der Waals surface area contributed by atoms with Gasteiger partial charge in [-0.15, -0.1) is 0 Å². The van der Waals surface area contributed by atoms with Crippen LogP contribution in [0.1, 0.15) is 19.8 Å². The molecule has 6 nitrogen and oxygen atoms in total. The molecule has 1 atom stereocenters. The minimum absolute atomic E-state index is 0.509. The van der Waals surface area contributed by atoms with Crippen LogP contribution in [-0.4, -0.2) is 86.7 Å². The highest BCUT2D eigenvalue weighted by Crippen LogP contribution is 2.19. The number of nitrogens with one attached hydrogen (secondary N) is 2. The van der Waals surface area contributed by atoms with Crippen LogP contribution in [-0.2, 0) is 0 Å². The van der Waals surface area contributed by atoms with Crippen LogP contribution in [0.4, 0.5) is 5.69 Å². The highest BCUT2D eigenvalue weighted by atomic mass is 15.3. The molecule has 4 saturated heterocycles. The van der Waals surface area contributed by atoms with Crippen molar-refractivity contribution in [3.63, 3.8) is 0 Å². The van der Waals surface area contributed by atoms with Crippen LogP contribution in [0, 0.1) is 0 Å². The molecule has 27 heavy (non-hydrogen) atoms. The first-order valence-electron chi connectivity index (χ1n) is 10.6. The predicted molar refractivity (Wildman–Crippen MR) is 113 cm³/mol. The topological polar surface area (TPSA) is 46.1 Å². The molecule has 1 unspecified atom stereocenters. The lowest BCUT2D eigenvalue weighted by Gasteiger charge is -2.47. The van der Waals surface area contributed by atoms with Crippen molar-refractivity contribution >= 4 is 11.6 Å². The number of anilines is 1. The Labute approximate surface area is 163 Å². The summed E-state index contributed by atoms with van der Waals surface area (Å²) in [5, 5.41) is 7.14. The summed E-state index contributed by atoms with van der Waals surface area (Å²) in [5.74, 6) is 0.994. The van der Waals surface area contributed by atoms with Crippen molar-refractivity contribution in [1.29, 1.82) is 0 Å². The lowest BCUT2D eigenvalue weighted by atomic mass is 10.0. The standard InChI is InChI=1S/C21H34N6/c1-2-22-21(23-16-20-17-25-12-14-27(20)15-13-25)24-18-8-10-26(11-9-18)19-6-4-3-5-7-19/h3-7,18,20H,2,8-17H2,1H3,(H2,22,23,24). The summed E-state index contributed by atoms with van der Waals surface area (Å²) in [6, 6.07) is 11.9. The molecule has 1 aromatic carbocycles. The van der Waals surface area contributed by atoms with Gasteiger partial charge < -0.3 is 15.5 Å². The summed E-state index contributed by atoms with van der Waals surface area (Å²) >= 11 is 0. The number of benzene rings is 1. The van der Waals surface area contributed by atoms with Crippen molar-refractivity contribution in [2.75, 3.05) is 63.8 Å². The van der Waals surface area contributed by atoms with E-state index in [0.717, 1.165) is 45.0 Å². The number of fused-ring (bicyclic) bond motifs is 3. The van der Waals surface area contributed by atoms with Gasteiger partial charge in [-0.05, 0) is 31.9 Å². The molecule has 0 spiro atoms. The average Bonchev–Trinajstić information content (AvgIpc) is 2.74. The smallest absolute Gasteiger partial charge is 0.191 e. The second-order valence-corrected chi connectivity index (χ2v) is 7.95. The fourth-order valence-corrected chi connectivity index (χ4v) is 4.53. The van der Waals surface area contributed by atoms with E-state index in [1.165, 1.54) is 38.4 Å². The maximum atomic E-state index is 4.94. The van der Waals surface area contributed by atoms with Crippen LogP contribution in [0.3, 0.4) is 0 Å². The summed E-state index contributed by atoms with van der Waals surface area (Å²) in [4.78, 5) is 12.6. The van der Waals surface area contributed by atoms with Gasteiger partial charge in [-0.3, -0.25) is 14.8 Å². The molecule has 4 aliphatic rings. The zero-order valence-corrected chi connectivity index (χ0v) is 16.6. The van der Waals surface area contributed by atoms with Crippen molar-refractivity contribution < 1.29 is 0 Å². The number of piperazine rings is 3. The number of guanidine groups is 1. The van der Waals surface area contributed by atoms with Gasteiger partial charge in [0.05, 0.1) is 6.54 Å². The summed E-state index contributed by atoms with van der Waals surface area (Å²) in [6.07, 6.45) is 2.31. The van der Waals surface area contributed by atoms with E-state index >= 15 is 0 Å². The summed E-state index contributed by atoms with van der Waals surface area (Å²) in [6.45, 7) is 12.2. The zero-order valence-electron chi connectivity index (χ0n) is 16.6. The first-order chi connectivity index (χ1) is 13.3. The Morgan fingerprint density at radius 1 is 1.04 bits per heavy atom. The first-order valence-corrected chi connectivity index (χ1v) is 10.6. The molecule has 148 valence electrons. The first kappa shape index (κ1) is 18.6. The highest BCUT2D eigenvalue weighted by Gasteiger charge is 2.31. The fraction of sp³-hybridized carbons (Fsp3) is 0.667. The van der Waals surface area contributed by atoms with E-state index in [-0.39, 0.29) is 0 Å². The number of hydrogen-bond donors (Lipinski definition) is 2. The van der Waals surface area contributed by atoms with Crippen LogP contribution in [0.5, 0.6) is 0 Å². The van der Waals surface area contributed by atoms with E-state index in [1.54, 1.807) is 0 Å². The summed E-state index contributed by atoms with van der Waals surface area (Å²) < 4.78 is 0. The van der Waals surface area contributed by atoms with Crippen LogP contribution in [0.25, 0.3) is 0 Å². The third-order valence-electron chi connectivity index (χ3n) is 6.15. The molecule has 4 fully saturated rings. The number of piperidine rings is 1. The van der Waals surface area contributed by atoms with Crippen LogP contribution >= 0.6 is 0 Å². The molecule has 4 heterocycles. The lowest BCUT2D eigenvalue weighted by molar-refractivity contribution is 0.0174. The molecule has 1 aromatic rings. The third kappa shape index (κ3) is 4.74. The van der Waals surface area contributed by atoms with E-state index in [1.807, 2.05) is 0 Å². The Bertz CT molecular complexity index is 602. The Kier molecular flexibility index (Phi) is 6.14. The summed E-state index contributed by atoms with van der Waals surface area (Å²) in [7, 11) is 0. The highest BCUT2D eigenvalue weighted by molar-refractivity contribution is 5.80. The van der Waals surface area contributed by atoms with Crippen molar-refractivity contribution in [2.45, 2.75) is 31.8 Å². The maximum Gasteiger partial charge on any atom is 0.191 e. The molecular formula is C21H34N6. The number of hydrogen-bond acceptors (Lipinski definition) is 4. The second-order valence-electron chi connectivity index (χ2n) is 7.95. The van der Waals surface area contributed by atoms with Gasteiger partial charge in [0.25, 0.3) is 0 Å². The van der Waals surface area contributed by atoms with Gasteiger partial charge in [0.2, 0.25) is 0 Å². The molecule has 4 aliphatic heterocycles. The maximum absolute atomic E-state index is 4.94. The number of rotatable bonds is 5. The Balaban J connectivity index is 1.28. The van der Waals surface area contributed by atoms with Gasteiger partial charge >= 0.3 is 0 Å². The number of nitrogens with zero attached hydrogens (tertiary/aromatic N) is 4. The normalized spacial score (nSPS) is 29.0. The predicted octanol–water partition coefficient (Wildman–Crippen LogP) is 1.21. The molecule has 0 amide bonds. The molecule has 0 saturated carbocycles. The van der Waals surface area contributed by atoms with E-state index in [4.69, 9.17) is 4.99 Å². The quantitative estimate of drug-likeness (QED) is 0.603. The van der Waals surface area contributed by atoms with Crippen molar-refractivity contribution in [3.05, 3.63) is 30.3 Å². The molecule has 6 heteroatoms. The average molecular weight is 371 g/mol. The molecule has 2 N–H and O–H groups in total. The van der Waals surface area contributed by atoms with E-state index in [0.29, 0.717) is 12.1 Å². The van der Waals surface area contributed by atoms with Gasteiger partial charge in [-0.25, -0.2) is 0 Å².